The van der Waals surface area contributed by atoms with Gasteiger partial charge in [0.2, 0.25) is 0 Å². The highest BCUT2D eigenvalue weighted by molar-refractivity contribution is 5.71. The van der Waals surface area contributed by atoms with Crippen molar-refractivity contribution in [1.29, 1.82) is 0 Å². The molecular formula is C27H24F4O3. The molecule has 3 aromatic carbocycles. The molecule has 2 saturated heterocycles. The molecule has 2 aliphatic heterocycles. The monoisotopic (exact) mass is 472 g/mol. The third-order valence-corrected chi connectivity index (χ3v) is 6.42. The smallest absolute Gasteiger partial charge is 0.167 e. The maximum absolute atomic E-state index is 14.9. The van der Waals surface area contributed by atoms with Crippen LogP contribution in [0.15, 0.2) is 48.5 Å². The summed E-state index contributed by atoms with van der Waals surface area (Å²) in [7, 11) is 0. The van der Waals surface area contributed by atoms with Gasteiger partial charge >= 0.3 is 0 Å². The Morgan fingerprint density at radius 2 is 1.24 bits per heavy atom. The van der Waals surface area contributed by atoms with Crippen molar-refractivity contribution in [3.05, 3.63) is 82.9 Å². The SMILES string of the molecule is CC1OCC(CCc2ccc(-c3ccc(-c4ccc(C5CO5)c(F)c4F)cc3)c(F)c2F)CO1. The Morgan fingerprint density at radius 3 is 1.82 bits per heavy atom. The molecule has 0 aromatic heterocycles. The van der Waals surface area contributed by atoms with Crippen LogP contribution in [-0.4, -0.2) is 26.1 Å². The normalized spacial score (nSPS) is 22.1. The molecule has 3 aromatic rings. The minimum atomic E-state index is -0.953. The van der Waals surface area contributed by atoms with Gasteiger partial charge in [-0.05, 0) is 36.5 Å². The summed E-state index contributed by atoms with van der Waals surface area (Å²) in [6.07, 6.45) is 0.383. The summed E-state index contributed by atoms with van der Waals surface area (Å²) < 4.78 is 74.5. The van der Waals surface area contributed by atoms with Crippen molar-refractivity contribution in [2.45, 2.75) is 32.2 Å². The highest BCUT2D eigenvalue weighted by Gasteiger charge is 2.30. The van der Waals surface area contributed by atoms with Crippen LogP contribution in [0.2, 0.25) is 0 Å². The molecule has 34 heavy (non-hydrogen) atoms. The second-order valence-corrected chi connectivity index (χ2v) is 8.77. The number of aryl methyl sites for hydroxylation is 1. The Labute approximate surface area is 195 Å². The van der Waals surface area contributed by atoms with E-state index in [1.165, 1.54) is 12.1 Å². The molecule has 2 fully saturated rings. The molecule has 2 heterocycles. The van der Waals surface area contributed by atoms with Crippen LogP contribution in [0.4, 0.5) is 17.6 Å². The van der Waals surface area contributed by atoms with Gasteiger partial charge in [0.1, 0.15) is 6.10 Å². The van der Waals surface area contributed by atoms with E-state index in [4.69, 9.17) is 14.2 Å². The van der Waals surface area contributed by atoms with E-state index in [0.717, 1.165) is 0 Å². The molecule has 0 bridgehead atoms. The number of epoxide rings is 1. The van der Waals surface area contributed by atoms with Gasteiger partial charge in [-0.15, -0.1) is 0 Å². The number of benzene rings is 3. The Morgan fingerprint density at radius 1 is 0.676 bits per heavy atom. The molecule has 0 aliphatic carbocycles. The van der Waals surface area contributed by atoms with Crippen molar-refractivity contribution in [3.63, 3.8) is 0 Å². The molecule has 178 valence electrons. The van der Waals surface area contributed by atoms with Crippen LogP contribution in [0.5, 0.6) is 0 Å². The number of rotatable bonds is 6. The molecular weight excluding hydrogens is 448 g/mol. The molecule has 1 unspecified atom stereocenters. The minimum absolute atomic E-state index is 0.0977. The standard InChI is InChI=1S/C27H24F4O3/c1-15-32-12-16(13-33-15)2-3-19-8-9-20(25(29)24(19)28)17-4-6-18(7-5-17)21-10-11-22(23-14-34-23)27(31)26(21)30/h4-11,15-16,23H,2-3,12-14H2,1H3. The second-order valence-electron chi connectivity index (χ2n) is 8.77. The van der Waals surface area contributed by atoms with Gasteiger partial charge in [-0.25, -0.2) is 17.6 Å². The summed E-state index contributed by atoms with van der Waals surface area (Å²) in [5.74, 6) is -3.54. The van der Waals surface area contributed by atoms with Gasteiger partial charge in [0.15, 0.2) is 29.6 Å². The summed E-state index contributed by atoms with van der Waals surface area (Å²) in [6.45, 7) is 3.29. The summed E-state index contributed by atoms with van der Waals surface area (Å²) in [5, 5.41) is 0. The topological polar surface area (TPSA) is 31.0 Å². The van der Waals surface area contributed by atoms with Crippen molar-refractivity contribution in [3.8, 4) is 22.3 Å². The Bertz CT molecular complexity index is 1180. The lowest BCUT2D eigenvalue weighted by Gasteiger charge is -2.27. The van der Waals surface area contributed by atoms with Crippen molar-refractivity contribution in [1.82, 2.24) is 0 Å². The highest BCUT2D eigenvalue weighted by Crippen LogP contribution is 2.36. The van der Waals surface area contributed by atoms with E-state index >= 15 is 0 Å². The maximum Gasteiger partial charge on any atom is 0.167 e. The predicted octanol–water partition coefficient (Wildman–Crippen LogP) is 6.59. The third kappa shape index (κ3) is 4.60. The molecule has 0 N–H and O–H groups in total. The molecule has 5 rings (SSSR count). The molecule has 3 nitrogen and oxygen atoms in total. The number of hydrogen-bond donors (Lipinski definition) is 0. The maximum atomic E-state index is 14.9. The minimum Gasteiger partial charge on any atom is -0.368 e. The Balaban J connectivity index is 1.32. The lowest BCUT2D eigenvalue weighted by atomic mass is 9.95. The van der Waals surface area contributed by atoms with Crippen LogP contribution in [0.25, 0.3) is 22.3 Å². The molecule has 0 amide bonds. The molecule has 0 saturated carbocycles. The van der Waals surface area contributed by atoms with Gasteiger partial charge in [-0.2, -0.15) is 0 Å². The van der Waals surface area contributed by atoms with Crippen molar-refractivity contribution in [2.24, 2.45) is 5.92 Å². The van der Waals surface area contributed by atoms with Crippen LogP contribution >= 0.6 is 0 Å². The van der Waals surface area contributed by atoms with Crippen LogP contribution in [0.3, 0.4) is 0 Å². The highest BCUT2D eigenvalue weighted by atomic mass is 19.2. The van der Waals surface area contributed by atoms with Crippen molar-refractivity contribution >= 4 is 0 Å². The lowest BCUT2D eigenvalue weighted by molar-refractivity contribution is -0.191. The van der Waals surface area contributed by atoms with Crippen LogP contribution < -0.4 is 0 Å². The van der Waals surface area contributed by atoms with Gasteiger partial charge in [-0.1, -0.05) is 48.5 Å². The van der Waals surface area contributed by atoms with Crippen LogP contribution in [0.1, 0.15) is 30.6 Å². The Hall–Kier alpha value is -2.74. The average molecular weight is 472 g/mol. The predicted molar refractivity (Wildman–Crippen MR) is 119 cm³/mol. The summed E-state index contributed by atoms with van der Waals surface area (Å²) in [6, 6.07) is 12.4. The van der Waals surface area contributed by atoms with Gasteiger partial charge in [-0.3, -0.25) is 0 Å². The number of hydrogen-bond acceptors (Lipinski definition) is 3. The largest absolute Gasteiger partial charge is 0.368 e. The molecule has 0 spiro atoms. The Kier molecular flexibility index (Phi) is 6.42. The van der Waals surface area contributed by atoms with E-state index in [1.807, 2.05) is 6.92 Å². The van der Waals surface area contributed by atoms with E-state index in [0.29, 0.717) is 49.4 Å². The first-order chi connectivity index (χ1) is 16.4. The van der Waals surface area contributed by atoms with E-state index in [-0.39, 0.29) is 35.0 Å². The van der Waals surface area contributed by atoms with Crippen LogP contribution in [0, 0.1) is 29.2 Å². The summed E-state index contributed by atoms with van der Waals surface area (Å²) in [5.41, 5.74) is 1.59. The third-order valence-electron chi connectivity index (χ3n) is 6.42. The molecule has 1 atom stereocenters. The fourth-order valence-electron chi connectivity index (χ4n) is 4.26. The van der Waals surface area contributed by atoms with Crippen molar-refractivity contribution < 1.29 is 31.8 Å². The summed E-state index contributed by atoms with van der Waals surface area (Å²) >= 11 is 0. The van der Waals surface area contributed by atoms with E-state index in [9.17, 15) is 17.6 Å². The molecule has 0 radical (unpaired) electrons. The second kappa shape index (κ2) is 9.49. The van der Waals surface area contributed by atoms with E-state index in [2.05, 4.69) is 0 Å². The van der Waals surface area contributed by atoms with E-state index in [1.54, 1.807) is 36.4 Å². The van der Waals surface area contributed by atoms with Gasteiger partial charge in [0.25, 0.3) is 0 Å². The first-order valence-electron chi connectivity index (χ1n) is 11.3. The quantitative estimate of drug-likeness (QED) is 0.300. The van der Waals surface area contributed by atoms with Crippen molar-refractivity contribution in [2.75, 3.05) is 19.8 Å². The van der Waals surface area contributed by atoms with Gasteiger partial charge in [0, 0.05) is 22.6 Å². The fraction of sp³-hybridized carbons (Fsp3) is 0.333. The molecule has 7 heteroatoms. The first kappa shape index (κ1) is 23.0. The summed E-state index contributed by atoms with van der Waals surface area (Å²) in [4.78, 5) is 0. The average Bonchev–Trinajstić information content (AvgIpc) is 3.68. The zero-order chi connectivity index (χ0) is 23.8. The van der Waals surface area contributed by atoms with Gasteiger partial charge in [0.05, 0.1) is 19.8 Å². The first-order valence-corrected chi connectivity index (χ1v) is 11.3. The van der Waals surface area contributed by atoms with E-state index < -0.39 is 23.3 Å². The number of halogens is 4. The lowest BCUT2D eigenvalue weighted by Crippen LogP contribution is -2.30. The van der Waals surface area contributed by atoms with Gasteiger partial charge < -0.3 is 14.2 Å². The zero-order valence-electron chi connectivity index (χ0n) is 18.6. The number of ether oxygens (including phenoxy) is 3. The van der Waals surface area contributed by atoms with Crippen LogP contribution in [-0.2, 0) is 20.6 Å². The molecule has 2 aliphatic rings. The zero-order valence-corrected chi connectivity index (χ0v) is 18.6. The fourth-order valence-corrected chi connectivity index (χ4v) is 4.26.